The Morgan fingerprint density at radius 1 is 1.27 bits per heavy atom. The maximum atomic E-state index is 11.7. The molecule has 6 nitrogen and oxygen atoms in total. The second-order valence-electron chi connectivity index (χ2n) is 4.81. The van der Waals surface area contributed by atoms with E-state index in [2.05, 4.69) is 10.5 Å². The fourth-order valence-corrected chi connectivity index (χ4v) is 1.89. The molecule has 0 fully saturated rings. The Balaban J connectivity index is 1.89. The summed E-state index contributed by atoms with van der Waals surface area (Å²) in [5, 5.41) is 14.4. The lowest BCUT2D eigenvalue weighted by atomic mass is 10.1. The molecule has 2 aromatic carbocycles. The van der Waals surface area contributed by atoms with E-state index in [0.29, 0.717) is 5.56 Å². The average Bonchev–Trinajstić information content (AvgIpc) is 2.48. The fraction of sp³-hybridized carbons (Fsp3) is 0.125. The second kappa shape index (κ2) is 7.12. The molecule has 2 aromatic rings. The van der Waals surface area contributed by atoms with Gasteiger partial charge < -0.3 is 0 Å². The number of aryl methyl sites for hydroxylation is 1. The van der Waals surface area contributed by atoms with Gasteiger partial charge in [0.1, 0.15) is 0 Å². The van der Waals surface area contributed by atoms with Crippen molar-refractivity contribution in [3.63, 3.8) is 0 Å². The Morgan fingerprint density at radius 3 is 2.64 bits per heavy atom. The number of nitrogens with zero attached hydrogens (tertiary/aromatic N) is 2. The summed E-state index contributed by atoms with van der Waals surface area (Å²) in [5.41, 5.74) is 5.13. The van der Waals surface area contributed by atoms with Gasteiger partial charge in [-0.15, -0.1) is 0 Å². The van der Waals surface area contributed by atoms with E-state index in [-0.39, 0.29) is 18.0 Å². The summed E-state index contributed by atoms with van der Waals surface area (Å²) in [6, 6.07) is 13.6. The first-order valence-electron chi connectivity index (χ1n) is 6.66. The van der Waals surface area contributed by atoms with Gasteiger partial charge in [0.15, 0.2) is 0 Å². The third-order valence-corrected chi connectivity index (χ3v) is 2.96. The van der Waals surface area contributed by atoms with Gasteiger partial charge in [-0.1, -0.05) is 42.0 Å². The van der Waals surface area contributed by atoms with Crippen molar-refractivity contribution in [1.29, 1.82) is 0 Å². The van der Waals surface area contributed by atoms with E-state index >= 15 is 0 Å². The molecule has 0 radical (unpaired) electrons. The molecule has 112 valence electrons. The molecule has 0 spiro atoms. The van der Waals surface area contributed by atoms with E-state index in [1.165, 1.54) is 12.1 Å². The summed E-state index contributed by atoms with van der Waals surface area (Å²) < 4.78 is 0. The second-order valence-corrected chi connectivity index (χ2v) is 4.81. The molecule has 22 heavy (non-hydrogen) atoms. The molecule has 0 aliphatic heterocycles. The average molecular weight is 297 g/mol. The van der Waals surface area contributed by atoms with E-state index in [9.17, 15) is 14.9 Å². The molecule has 1 amide bonds. The fourth-order valence-electron chi connectivity index (χ4n) is 1.89. The summed E-state index contributed by atoms with van der Waals surface area (Å²) >= 11 is 0. The van der Waals surface area contributed by atoms with E-state index in [0.717, 1.165) is 11.1 Å². The van der Waals surface area contributed by atoms with Gasteiger partial charge in [-0.25, -0.2) is 5.43 Å². The minimum absolute atomic E-state index is 0.00151. The third kappa shape index (κ3) is 4.52. The zero-order chi connectivity index (χ0) is 15.9. The van der Waals surface area contributed by atoms with E-state index < -0.39 is 4.92 Å². The standard InChI is InChI=1S/C16H15N3O3/c1-12-3-2-4-14(9-12)11-17-18-16(20)10-13-5-7-15(8-6-13)19(21)22/h2-9,11H,10H2,1H3,(H,18,20)/b17-11+. The van der Waals surface area contributed by atoms with Crippen molar-refractivity contribution in [1.82, 2.24) is 5.43 Å². The van der Waals surface area contributed by atoms with E-state index in [4.69, 9.17) is 0 Å². The van der Waals surface area contributed by atoms with Crippen LogP contribution in [0.1, 0.15) is 16.7 Å². The summed E-state index contributed by atoms with van der Waals surface area (Å²) in [6.07, 6.45) is 1.68. The number of carbonyl (C=O) groups is 1. The summed E-state index contributed by atoms with van der Waals surface area (Å²) in [7, 11) is 0. The summed E-state index contributed by atoms with van der Waals surface area (Å²) in [6.45, 7) is 1.98. The highest BCUT2D eigenvalue weighted by Crippen LogP contribution is 2.12. The van der Waals surface area contributed by atoms with Crippen molar-refractivity contribution in [3.8, 4) is 0 Å². The monoisotopic (exact) mass is 297 g/mol. The topological polar surface area (TPSA) is 84.6 Å². The minimum atomic E-state index is -0.476. The van der Waals surface area contributed by atoms with Crippen LogP contribution in [-0.2, 0) is 11.2 Å². The van der Waals surface area contributed by atoms with Crippen LogP contribution < -0.4 is 5.43 Å². The van der Waals surface area contributed by atoms with Crippen LogP contribution in [0.2, 0.25) is 0 Å². The van der Waals surface area contributed by atoms with Crippen molar-refractivity contribution < 1.29 is 9.72 Å². The van der Waals surface area contributed by atoms with Gasteiger partial charge in [0.2, 0.25) is 5.91 Å². The van der Waals surface area contributed by atoms with Crippen LogP contribution in [0.25, 0.3) is 0 Å². The predicted octanol–water partition coefficient (Wildman–Crippen LogP) is 2.60. The lowest BCUT2D eigenvalue weighted by molar-refractivity contribution is -0.384. The first-order chi connectivity index (χ1) is 10.5. The van der Waals surface area contributed by atoms with Gasteiger partial charge in [-0.3, -0.25) is 14.9 Å². The molecule has 0 atom stereocenters. The Kier molecular flexibility index (Phi) is 4.98. The lowest BCUT2D eigenvalue weighted by Crippen LogP contribution is -2.19. The van der Waals surface area contributed by atoms with Crippen LogP contribution in [0.3, 0.4) is 0 Å². The number of nitro groups is 1. The lowest BCUT2D eigenvalue weighted by Gasteiger charge is -2.00. The number of nitro benzene ring substituents is 1. The van der Waals surface area contributed by atoms with Crippen LogP contribution in [0.15, 0.2) is 53.6 Å². The number of benzene rings is 2. The Bertz CT molecular complexity index is 709. The largest absolute Gasteiger partial charge is 0.273 e. The molecule has 0 saturated carbocycles. The van der Waals surface area contributed by atoms with Crippen molar-refractivity contribution in [2.75, 3.05) is 0 Å². The van der Waals surface area contributed by atoms with E-state index in [1.54, 1.807) is 18.3 Å². The molecule has 0 aromatic heterocycles. The maximum absolute atomic E-state index is 11.7. The van der Waals surface area contributed by atoms with E-state index in [1.807, 2.05) is 31.2 Å². The molecular weight excluding hydrogens is 282 g/mol. The van der Waals surface area contributed by atoms with Gasteiger partial charge in [0.05, 0.1) is 17.6 Å². The van der Waals surface area contributed by atoms with Crippen molar-refractivity contribution >= 4 is 17.8 Å². The number of hydrogen-bond donors (Lipinski definition) is 1. The highest BCUT2D eigenvalue weighted by molar-refractivity contribution is 5.83. The van der Waals surface area contributed by atoms with Gasteiger partial charge in [-0.05, 0) is 18.1 Å². The predicted molar refractivity (Wildman–Crippen MR) is 83.7 cm³/mol. The number of hydrazone groups is 1. The molecule has 1 N–H and O–H groups in total. The molecule has 2 rings (SSSR count). The van der Waals surface area contributed by atoms with Gasteiger partial charge in [-0.2, -0.15) is 5.10 Å². The molecule has 6 heteroatoms. The highest BCUT2D eigenvalue weighted by Gasteiger charge is 2.06. The first kappa shape index (κ1) is 15.4. The van der Waals surface area contributed by atoms with Crippen LogP contribution in [0, 0.1) is 17.0 Å². The molecule has 0 aliphatic rings. The molecule has 0 heterocycles. The molecule has 0 saturated heterocycles. The SMILES string of the molecule is Cc1cccc(/C=N/NC(=O)Cc2ccc([N+](=O)[O-])cc2)c1. The van der Waals surface area contributed by atoms with Crippen LogP contribution in [0.4, 0.5) is 5.69 Å². The quantitative estimate of drug-likeness (QED) is 0.523. The first-order valence-corrected chi connectivity index (χ1v) is 6.66. The summed E-state index contributed by atoms with van der Waals surface area (Å²) in [5.74, 6) is -0.280. The Morgan fingerprint density at radius 2 is 2.00 bits per heavy atom. The van der Waals surface area contributed by atoms with Crippen LogP contribution >= 0.6 is 0 Å². The summed E-state index contributed by atoms with van der Waals surface area (Å²) in [4.78, 5) is 21.8. The highest BCUT2D eigenvalue weighted by atomic mass is 16.6. The third-order valence-electron chi connectivity index (χ3n) is 2.96. The number of nitrogens with one attached hydrogen (secondary N) is 1. The zero-order valence-electron chi connectivity index (χ0n) is 12.0. The van der Waals surface area contributed by atoms with Gasteiger partial charge in [0.25, 0.3) is 5.69 Å². The number of non-ortho nitro benzene ring substituents is 1. The van der Waals surface area contributed by atoms with Gasteiger partial charge in [0, 0.05) is 12.1 Å². The molecule has 0 aliphatic carbocycles. The number of carbonyl (C=O) groups excluding carboxylic acids is 1. The number of amides is 1. The molecule has 0 bridgehead atoms. The number of rotatable bonds is 5. The smallest absolute Gasteiger partial charge is 0.269 e. The molecule has 0 unspecified atom stereocenters. The van der Waals surface area contributed by atoms with Crippen molar-refractivity contribution in [2.24, 2.45) is 5.10 Å². The van der Waals surface area contributed by atoms with Crippen molar-refractivity contribution in [3.05, 3.63) is 75.3 Å². The zero-order valence-corrected chi connectivity index (χ0v) is 12.0. The maximum Gasteiger partial charge on any atom is 0.269 e. The Labute approximate surface area is 127 Å². The Hall–Kier alpha value is -3.02. The normalized spacial score (nSPS) is 10.6. The minimum Gasteiger partial charge on any atom is -0.273 e. The van der Waals surface area contributed by atoms with Crippen molar-refractivity contribution in [2.45, 2.75) is 13.3 Å². The number of hydrogen-bond acceptors (Lipinski definition) is 4. The van der Waals surface area contributed by atoms with Crippen LogP contribution in [0.5, 0.6) is 0 Å². The van der Waals surface area contributed by atoms with Gasteiger partial charge >= 0.3 is 0 Å². The van der Waals surface area contributed by atoms with Crippen LogP contribution in [-0.4, -0.2) is 17.0 Å². The molecular formula is C16H15N3O3.